The van der Waals surface area contributed by atoms with E-state index in [0.717, 1.165) is 0 Å². The molecule has 0 aromatic heterocycles. The molecule has 162 valence electrons. The smallest absolute Gasteiger partial charge is 0.430 e. The first-order chi connectivity index (χ1) is 12.6. The van der Waals surface area contributed by atoms with Gasteiger partial charge in [0.2, 0.25) is 5.54 Å². The average Bonchev–Trinajstić information content (AvgIpc) is 2.76. The van der Waals surface area contributed by atoms with Crippen LogP contribution < -0.4 is 10.7 Å². The van der Waals surface area contributed by atoms with Crippen molar-refractivity contribution in [1.82, 2.24) is 15.8 Å². The summed E-state index contributed by atoms with van der Waals surface area (Å²) in [5.41, 5.74) is -1.89. The lowest BCUT2D eigenvalue weighted by molar-refractivity contribution is -0.167. The Balaban J connectivity index is 3.37. The average molecular weight is 405 g/mol. The van der Waals surface area contributed by atoms with Crippen LogP contribution in [0.25, 0.3) is 0 Å². The molecule has 1 saturated heterocycles. The Morgan fingerprint density at radius 2 is 1.64 bits per heavy atom. The van der Waals surface area contributed by atoms with Crippen LogP contribution in [0.1, 0.15) is 54.9 Å². The number of ether oxygens (including phenoxy) is 3. The fourth-order valence-corrected chi connectivity index (χ4v) is 2.55. The fraction of sp³-hybridized carbons (Fsp3) is 0.824. The maximum Gasteiger partial charge on any atom is 0.430 e. The third-order valence-electron chi connectivity index (χ3n) is 3.51. The number of nitrogens with one attached hydrogen (secondary N) is 2. The third kappa shape index (κ3) is 5.94. The number of carbonyl (C=O) groups is 3. The topological polar surface area (TPSA) is 147 Å². The Morgan fingerprint density at radius 1 is 1.11 bits per heavy atom. The van der Waals surface area contributed by atoms with Crippen molar-refractivity contribution >= 4 is 18.2 Å². The van der Waals surface area contributed by atoms with E-state index in [9.17, 15) is 24.6 Å². The summed E-state index contributed by atoms with van der Waals surface area (Å²) in [7, 11) is 0. The minimum Gasteiger partial charge on any atom is -0.464 e. The summed E-state index contributed by atoms with van der Waals surface area (Å²) in [6.07, 6.45) is -5.74. The minimum absolute atomic E-state index is 0.0575. The first kappa shape index (κ1) is 23.9. The van der Waals surface area contributed by atoms with Crippen molar-refractivity contribution < 1.29 is 38.8 Å². The highest BCUT2D eigenvalue weighted by Crippen LogP contribution is 2.32. The molecular weight excluding hydrogens is 374 g/mol. The third-order valence-corrected chi connectivity index (χ3v) is 3.51. The van der Waals surface area contributed by atoms with Gasteiger partial charge < -0.3 is 24.4 Å². The van der Waals surface area contributed by atoms with Gasteiger partial charge >= 0.3 is 18.2 Å². The first-order valence-electron chi connectivity index (χ1n) is 8.94. The molecular formula is C17H31N3O8. The number of carbonyl (C=O) groups excluding carboxylic acids is 3. The molecule has 4 N–H and O–H groups in total. The van der Waals surface area contributed by atoms with Crippen LogP contribution in [0.2, 0.25) is 0 Å². The Morgan fingerprint density at radius 3 is 2.04 bits per heavy atom. The van der Waals surface area contributed by atoms with E-state index in [-0.39, 0.29) is 6.61 Å². The van der Waals surface area contributed by atoms with Crippen molar-refractivity contribution in [3.63, 3.8) is 0 Å². The van der Waals surface area contributed by atoms with Gasteiger partial charge in [0.05, 0.1) is 6.61 Å². The number of aliphatic hydroxyl groups excluding tert-OH is 2. The number of esters is 1. The summed E-state index contributed by atoms with van der Waals surface area (Å²) in [6.45, 7) is 11.1. The molecule has 11 heteroatoms. The molecule has 1 aliphatic heterocycles. The Kier molecular flexibility index (Phi) is 7.26. The standard InChI is InChI=1S/C17H31N3O8/c1-8-26-12(23)17(9-10(21)18-11(17)22)20(14(25)28-16(5,6)7)19-13(24)27-15(2,3)4/h10-11,18,21-22H,8-9H2,1-7H3,(H,19,24). The summed E-state index contributed by atoms with van der Waals surface area (Å²) in [6, 6.07) is 0. The highest BCUT2D eigenvalue weighted by Gasteiger charge is 2.61. The summed E-state index contributed by atoms with van der Waals surface area (Å²) in [4.78, 5) is 37.9. The number of hydrazine groups is 1. The molecule has 0 saturated carbocycles. The molecule has 0 radical (unpaired) electrons. The zero-order chi connectivity index (χ0) is 21.9. The van der Waals surface area contributed by atoms with Crippen molar-refractivity contribution in [2.45, 2.75) is 84.1 Å². The maximum atomic E-state index is 12.8. The molecule has 0 bridgehead atoms. The molecule has 1 fully saturated rings. The normalized spacial score (nSPS) is 25.0. The second-order valence-electron chi connectivity index (χ2n) is 8.36. The van der Waals surface area contributed by atoms with Crippen LogP contribution in [-0.2, 0) is 19.0 Å². The summed E-state index contributed by atoms with van der Waals surface area (Å²) >= 11 is 0. The van der Waals surface area contributed by atoms with Gasteiger partial charge in [0, 0.05) is 6.42 Å². The highest BCUT2D eigenvalue weighted by molar-refractivity contribution is 5.88. The van der Waals surface area contributed by atoms with Crippen LogP contribution in [0.4, 0.5) is 9.59 Å². The van der Waals surface area contributed by atoms with Crippen molar-refractivity contribution in [2.75, 3.05) is 6.61 Å². The largest absolute Gasteiger partial charge is 0.464 e. The zero-order valence-electron chi connectivity index (χ0n) is 17.4. The van der Waals surface area contributed by atoms with Crippen LogP contribution in [-0.4, -0.2) is 69.2 Å². The summed E-state index contributed by atoms with van der Waals surface area (Å²) in [5.74, 6) is -1.03. The highest BCUT2D eigenvalue weighted by atomic mass is 16.6. The van der Waals surface area contributed by atoms with Crippen LogP contribution in [0.5, 0.6) is 0 Å². The lowest BCUT2D eigenvalue weighted by Gasteiger charge is -2.40. The molecule has 1 heterocycles. The SMILES string of the molecule is CCOC(=O)C1(N(NC(=O)OC(C)(C)C)C(=O)OC(C)(C)C)CC(O)NC1O. The molecule has 28 heavy (non-hydrogen) atoms. The van der Waals surface area contributed by atoms with Crippen LogP contribution >= 0.6 is 0 Å². The Bertz CT molecular complexity index is 598. The second-order valence-corrected chi connectivity index (χ2v) is 8.36. The molecule has 11 nitrogen and oxygen atoms in total. The molecule has 1 aliphatic rings. The van der Waals surface area contributed by atoms with E-state index in [4.69, 9.17) is 14.2 Å². The minimum atomic E-state index is -2.17. The van der Waals surface area contributed by atoms with E-state index in [0.29, 0.717) is 5.01 Å². The monoisotopic (exact) mass is 405 g/mol. The number of aliphatic hydroxyl groups is 2. The van der Waals surface area contributed by atoms with Gasteiger partial charge in [-0.15, -0.1) is 0 Å². The fourth-order valence-electron chi connectivity index (χ4n) is 2.55. The lowest BCUT2D eigenvalue weighted by atomic mass is 9.95. The van der Waals surface area contributed by atoms with Gasteiger partial charge in [-0.05, 0) is 48.5 Å². The molecule has 0 aromatic carbocycles. The Hall–Kier alpha value is -2.11. The van der Waals surface area contributed by atoms with Gasteiger partial charge in [-0.2, -0.15) is 5.01 Å². The van der Waals surface area contributed by atoms with Crippen molar-refractivity contribution in [1.29, 1.82) is 0 Å². The van der Waals surface area contributed by atoms with Crippen molar-refractivity contribution in [3.05, 3.63) is 0 Å². The predicted molar refractivity (Wildman–Crippen MR) is 96.6 cm³/mol. The van der Waals surface area contributed by atoms with E-state index < -0.39 is 53.8 Å². The summed E-state index contributed by atoms with van der Waals surface area (Å²) in [5, 5.41) is 23.2. The number of hydrogen-bond acceptors (Lipinski definition) is 9. The van der Waals surface area contributed by atoms with E-state index in [1.807, 2.05) is 0 Å². The van der Waals surface area contributed by atoms with Gasteiger partial charge in [-0.25, -0.2) is 19.8 Å². The first-order valence-corrected chi connectivity index (χ1v) is 8.94. The van der Waals surface area contributed by atoms with Gasteiger partial charge in [-0.1, -0.05) is 0 Å². The molecule has 0 aliphatic carbocycles. The number of rotatable bonds is 3. The zero-order valence-corrected chi connectivity index (χ0v) is 17.4. The number of hydrogen-bond donors (Lipinski definition) is 4. The second kappa shape index (κ2) is 8.50. The summed E-state index contributed by atoms with van der Waals surface area (Å²) < 4.78 is 15.4. The van der Waals surface area contributed by atoms with Crippen LogP contribution in [0.15, 0.2) is 0 Å². The molecule has 3 atom stereocenters. The predicted octanol–water partition coefficient (Wildman–Crippen LogP) is 0.595. The molecule has 2 amide bonds. The van der Waals surface area contributed by atoms with Crippen LogP contribution in [0.3, 0.4) is 0 Å². The number of nitrogens with zero attached hydrogens (tertiary/aromatic N) is 1. The van der Waals surface area contributed by atoms with E-state index in [2.05, 4.69) is 10.7 Å². The van der Waals surface area contributed by atoms with Gasteiger partial charge in [0.25, 0.3) is 0 Å². The molecule has 1 rings (SSSR count). The lowest BCUT2D eigenvalue weighted by Crippen LogP contribution is -2.69. The van der Waals surface area contributed by atoms with Gasteiger partial charge in [0.1, 0.15) is 23.7 Å². The van der Waals surface area contributed by atoms with Gasteiger partial charge in [0.15, 0.2) is 0 Å². The quantitative estimate of drug-likeness (QED) is 0.301. The number of amides is 2. The molecule has 3 unspecified atom stereocenters. The Labute approximate surface area is 164 Å². The molecule has 0 aromatic rings. The van der Waals surface area contributed by atoms with Gasteiger partial charge in [-0.3, -0.25) is 5.32 Å². The van der Waals surface area contributed by atoms with Crippen molar-refractivity contribution in [2.24, 2.45) is 0 Å². The van der Waals surface area contributed by atoms with Crippen molar-refractivity contribution in [3.8, 4) is 0 Å². The van der Waals surface area contributed by atoms with E-state index >= 15 is 0 Å². The maximum absolute atomic E-state index is 12.8. The van der Waals surface area contributed by atoms with E-state index in [1.54, 1.807) is 41.5 Å². The van der Waals surface area contributed by atoms with Crippen LogP contribution in [0, 0.1) is 0 Å². The molecule has 0 spiro atoms. The van der Waals surface area contributed by atoms with E-state index in [1.165, 1.54) is 6.92 Å².